The number of carbonyl (C=O) groups is 1. The van der Waals surface area contributed by atoms with Gasteiger partial charge in [0.2, 0.25) is 5.91 Å². The third-order valence-electron chi connectivity index (χ3n) is 3.53. The lowest BCUT2D eigenvalue weighted by atomic mass is 9.82. The van der Waals surface area contributed by atoms with E-state index in [9.17, 15) is 4.79 Å². The Morgan fingerprint density at radius 2 is 2.00 bits per heavy atom. The Labute approximate surface area is 120 Å². The van der Waals surface area contributed by atoms with Gasteiger partial charge in [-0.25, -0.2) is 0 Å². The standard InChI is InChI=1S/C14H20N2O2.ClH/c1-18-12-7-5-6-11(10-12)16-13(17)14(15)8-3-2-4-9-14;/h5-7,10H,2-4,8-9,15H2,1H3,(H,16,17);1H. The molecule has 0 aliphatic heterocycles. The van der Waals surface area contributed by atoms with Gasteiger partial charge >= 0.3 is 0 Å². The minimum absolute atomic E-state index is 0. The smallest absolute Gasteiger partial charge is 0.244 e. The second-order valence-corrected chi connectivity index (χ2v) is 4.90. The van der Waals surface area contributed by atoms with Gasteiger partial charge in [-0.3, -0.25) is 4.79 Å². The van der Waals surface area contributed by atoms with Gasteiger partial charge in [0.25, 0.3) is 0 Å². The van der Waals surface area contributed by atoms with E-state index in [-0.39, 0.29) is 18.3 Å². The van der Waals surface area contributed by atoms with E-state index in [0.29, 0.717) is 0 Å². The molecule has 3 N–H and O–H groups in total. The average molecular weight is 285 g/mol. The number of hydrogen-bond donors (Lipinski definition) is 2. The second kappa shape index (κ2) is 6.78. The van der Waals surface area contributed by atoms with Crippen molar-refractivity contribution in [3.05, 3.63) is 24.3 Å². The molecule has 1 aromatic rings. The van der Waals surface area contributed by atoms with Crippen LogP contribution in [0, 0.1) is 0 Å². The van der Waals surface area contributed by atoms with Crippen molar-refractivity contribution in [3.63, 3.8) is 0 Å². The fourth-order valence-electron chi connectivity index (χ4n) is 2.37. The number of benzene rings is 1. The van der Waals surface area contributed by atoms with Gasteiger partial charge in [-0.15, -0.1) is 12.4 Å². The summed E-state index contributed by atoms with van der Waals surface area (Å²) in [5.74, 6) is 0.637. The molecule has 1 fully saturated rings. The lowest BCUT2D eigenvalue weighted by Gasteiger charge is -2.31. The van der Waals surface area contributed by atoms with Crippen molar-refractivity contribution >= 4 is 24.0 Å². The molecule has 1 aromatic carbocycles. The number of nitrogens with two attached hydrogens (primary N) is 1. The first kappa shape index (κ1) is 15.8. The van der Waals surface area contributed by atoms with Gasteiger partial charge in [-0.05, 0) is 25.0 Å². The minimum atomic E-state index is -0.707. The van der Waals surface area contributed by atoms with Crippen LogP contribution in [-0.4, -0.2) is 18.6 Å². The number of ether oxygens (including phenoxy) is 1. The first-order chi connectivity index (χ1) is 8.64. The summed E-state index contributed by atoms with van der Waals surface area (Å²) >= 11 is 0. The molecule has 2 rings (SSSR count). The maximum absolute atomic E-state index is 12.2. The normalized spacial score (nSPS) is 17.2. The summed E-state index contributed by atoms with van der Waals surface area (Å²) in [5, 5.41) is 2.88. The van der Waals surface area contributed by atoms with Crippen LogP contribution in [0.5, 0.6) is 5.75 Å². The number of anilines is 1. The van der Waals surface area contributed by atoms with Gasteiger partial charge in [-0.1, -0.05) is 25.3 Å². The highest BCUT2D eigenvalue weighted by Gasteiger charge is 2.35. The molecule has 0 bridgehead atoms. The van der Waals surface area contributed by atoms with E-state index in [1.807, 2.05) is 18.2 Å². The number of methoxy groups -OCH3 is 1. The van der Waals surface area contributed by atoms with E-state index >= 15 is 0 Å². The number of nitrogens with one attached hydrogen (secondary N) is 1. The van der Waals surface area contributed by atoms with Crippen molar-refractivity contribution < 1.29 is 9.53 Å². The third kappa shape index (κ3) is 3.85. The maximum Gasteiger partial charge on any atom is 0.244 e. The molecule has 106 valence electrons. The second-order valence-electron chi connectivity index (χ2n) is 4.90. The Balaban J connectivity index is 0.00000180. The topological polar surface area (TPSA) is 64.3 Å². The highest BCUT2D eigenvalue weighted by atomic mass is 35.5. The maximum atomic E-state index is 12.2. The molecule has 0 atom stereocenters. The Morgan fingerprint density at radius 1 is 1.32 bits per heavy atom. The van der Waals surface area contributed by atoms with E-state index in [1.54, 1.807) is 13.2 Å². The summed E-state index contributed by atoms with van der Waals surface area (Å²) < 4.78 is 5.12. The van der Waals surface area contributed by atoms with Gasteiger partial charge in [0.05, 0.1) is 12.6 Å². The largest absolute Gasteiger partial charge is 0.497 e. The number of halogens is 1. The van der Waals surface area contributed by atoms with Crippen molar-refractivity contribution in [2.75, 3.05) is 12.4 Å². The summed E-state index contributed by atoms with van der Waals surface area (Å²) in [5.41, 5.74) is 6.20. The summed E-state index contributed by atoms with van der Waals surface area (Å²) in [4.78, 5) is 12.2. The number of hydrogen-bond acceptors (Lipinski definition) is 3. The summed E-state index contributed by atoms with van der Waals surface area (Å²) in [6.45, 7) is 0. The quantitative estimate of drug-likeness (QED) is 0.897. The minimum Gasteiger partial charge on any atom is -0.497 e. The molecule has 5 heteroatoms. The predicted molar refractivity (Wildman–Crippen MR) is 78.9 cm³/mol. The number of rotatable bonds is 3. The molecule has 1 aliphatic carbocycles. The molecule has 1 aliphatic rings. The molecular formula is C14H21ClN2O2. The highest BCUT2D eigenvalue weighted by Crippen LogP contribution is 2.27. The SMILES string of the molecule is COc1cccc(NC(=O)C2(N)CCCCC2)c1.Cl. The molecule has 0 aromatic heterocycles. The zero-order valence-electron chi connectivity index (χ0n) is 11.1. The van der Waals surface area contributed by atoms with Crippen LogP contribution in [0.25, 0.3) is 0 Å². The molecule has 1 amide bonds. The first-order valence-corrected chi connectivity index (χ1v) is 6.38. The van der Waals surface area contributed by atoms with Crippen LogP contribution in [0.3, 0.4) is 0 Å². The van der Waals surface area contributed by atoms with Crippen LogP contribution in [0.2, 0.25) is 0 Å². The van der Waals surface area contributed by atoms with Crippen LogP contribution in [0.15, 0.2) is 24.3 Å². The lowest BCUT2D eigenvalue weighted by Crippen LogP contribution is -2.52. The molecular weight excluding hydrogens is 264 g/mol. The molecule has 0 spiro atoms. The Morgan fingerprint density at radius 3 is 2.63 bits per heavy atom. The fraction of sp³-hybridized carbons (Fsp3) is 0.500. The van der Waals surface area contributed by atoms with Gasteiger partial charge in [-0.2, -0.15) is 0 Å². The Bertz CT molecular complexity index is 431. The van der Waals surface area contributed by atoms with Crippen LogP contribution in [0.1, 0.15) is 32.1 Å². The fourth-order valence-corrected chi connectivity index (χ4v) is 2.37. The monoisotopic (exact) mass is 284 g/mol. The predicted octanol–water partition coefficient (Wildman–Crippen LogP) is 2.72. The summed E-state index contributed by atoms with van der Waals surface area (Å²) in [6.07, 6.45) is 4.76. The zero-order chi connectivity index (χ0) is 13.0. The van der Waals surface area contributed by atoms with E-state index in [1.165, 1.54) is 6.42 Å². The van der Waals surface area contributed by atoms with Gasteiger partial charge in [0.15, 0.2) is 0 Å². The lowest BCUT2D eigenvalue weighted by molar-refractivity contribution is -0.122. The van der Waals surface area contributed by atoms with Gasteiger partial charge in [0.1, 0.15) is 5.75 Å². The van der Waals surface area contributed by atoms with Crippen molar-refractivity contribution in [2.24, 2.45) is 5.73 Å². The number of amides is 1. The molecule has 4 nitrogen and oxygen atoms in total. The van der Waals surface area contributed by atoms with E-state index < -0.39 is 5.54 Å². The third-order valence-corrected chi connectivity index (χ3v) is 3.53. The van der Waals surface area contributed by atoms with Gasteiger partial charge in [0, 0.05) is 11.8 Å². The van der Waals surface area contributed by atoms with Crippen LogP contribution >= 0.6 is 12.4 Å². The Hall–Kier alpha value is -1.26. The van der Waals surface area contributed by atoms with E-state index in [2.05, 4.69) is 5.32 Å². The van der Waals surface area contributed by atoms with Crippen molar-refractivity contribution in [1.82, 2.24) is 0 Å². The van der Waals surface area contributed by atoms with Crippen LogP contribution in [-0.2, 0) is 4.79 Å². The Kier molecular flexibility index (Phi) is 5.63. The first-order valence-electron chi connectivity index (χ1n) is 6.38. The molecule has 0 unspecified atom stereocenters. The van der Waals surface area contributed by atoms with Crippen LogP contribution in [0.4, 0.5) is 5.69 Å². The zero-order valence-corrected chi connectivity index (χ0v) is 12.0. The number of carbonyl (C=O) groups excluding carboxylic acids is 1. The molecule has 0 radical (unpaired) electrons. The highest BCUT2D eigenvalue weighted by molar-refractivity contribution is 5.98. The van der Waals surface area contributed by atoms with E-state index in [4.69, 9.17) is 10.5 Å². The molecule has 0 heterocycles. The summed E-state index contributed by atoms with van der Waals surface area (Å²) in [7, 11) is 1.60. The van der Waals surface area contributed by atoms with Crippen molar-refractivity contribution in [1.29, 1.82) is 0 Å². The van der Waals surface area contributed by atoms with Crippen molar-refractivity contribution in [2.45, 2.75) is 37.6 Å². The summed E-state index contributed by atoms with van der Waals surface area (Å²) in [6, 6.07) is 7.32. The molecule has 19 heavy (non-hydrogen) atoms. The van der Waals surface area contributed by atoms with Crippen LogP contribution < -0.4 is 15.8 Å². The van der Waals surface area contributed by atoms with E-state index in [0.717, 1.165) is 37.1 Å². The van der Waals surface area contributed by atoms with Gasteiger partial charge < -0.3 is 15.8 Å². The molecule has 0 saturated heterocycles. The molecule has 1 saturated carbocycles. The average Bonchev–Trinajstić information content (AvgIpc) is 2.40. The van der Waals surface area contributed by atoms with Crippen molar-refractivity contribution in [3.8, 4) is 5.75 Å².